The fourth-order valence-electron chi connectivity index (χ4n) is 0.993. The molecule has 14 heavy (non-hydrogen) atoms. The predicted octanol–water partition coefficient (Wildman–Crippen LogP) is 1.28. The van der Waals surface area contributed by atoms with E-state index in [1.54, 1.807) is 6.20 Å². The summed E-state index contributed by atoms with van der Waals surface area (Å²) in [7, 11) is 0. The van der Waals surface area contributed by atoms with Gasteiger partial charge < -0.3 is 5.32 Å². The molecule has 0 aliphatic carbocycles. The predicted molar refractivity (Wildman–Crippen MR) is 58.0 cm³/mol. The molecule has 0 aromatic carbocycles. The van der Waals surface area contributed by atoms with Crippen LogP contribution in [-0.2, 0) is 0 Å². The van der Waals surface area contributed by atoms with Crippen LogP contribution in [0.5, 0.6) is 0 Å². The maximum Gasteiger partial charge on any atom is 0.239 e. The number of rotatable bonds is 4. The van der Waals surface area contributed by atoms with Crippen molar-refractivity contribution in [3.05, 3.63) is 11.8 Å². The van der Waals surface area contributed by atoms with Gasteiger partial charge in [-0.25, -0.2) is 10.8 Å². The SMILES string of the molecule is CCC(C)Nc1nc(NN)ncc1C. The largest absolute Gasteiger partial charge is 0.367 e. The van der Waals surface area contributed by atoms with Gasteiger partial charge in [0.1, 0.15) is 5.82 Å². The lowest BCUT2D eigenvalue weighted by Gasteiger charge is -2.14. The van der Waals surface area contributed by atoms with E-state index in [2.05, 4.69) is 34.6 Å². The van der Waals surface area contributed by atoms with E-state index in [0.717, 1.165) is 17.8 Å². The molecule has 0 aliphatic rings. The summed E-state index contributed by atoms with van der Waals surface area (Å²) in [6.07, 6.45) is 2.79. The Morgan fingerprint density at radius 1 is 1.57 bits per heavy atom. The molecule has 1 aromatic rings. The minimum Gasteiger partial charge on any atom is -0.367 e. The second-order valence-electron chi connectivity index (χ2n) is 3.32. The number of aromatic nitrogens is 2. The summed E-state index contributed by atoms with van der Waals surface area (Å²) in [4.78, 5) is 8.22. The van der Waals surface area contributed by atoms with E-state index in [0.29, 0.717) is 12.0 Å². The number of nitrogens with zero attached hydrogens (tertiary/aromatic N) is 2. The number of hydrogen-bond donors (Lipinski definition) is 3. The Balaban J connectivity index is 2.83. The Morgan fingerprint density at radius 2 is 2.29 bits per heavy atom. The van der Waals surface area contributed by atoms with Crippen molar-refractivity contribution in [1.82, 2.24) is 9.97 Å². The number of hydrogen-bond acceptors (Lipinski definition) is 5. The van der Waals surface area contributed by atoms with Gasteiger partial charge in [-0.1, -0.05) is 6.92 Å². The summed E-state index contributed by atoms with van der Waals surface area (Å²) in [6, 6.07) is 0.397. The average Bonchev–Trinajstić information content (AvgIpc) is 2.21. The number of hydrazine groups is 1. The van der Waals surface area contributed by atoms with E-state index in [1.165, 1.54) is 0 Å². The van der Waals surface area contributed by atoms with E-state index in [9.17, 15) is 0 Å². The first-order valence-electron chi connectivity index (χ1n) is 4.74. The van der Waals surface area contributed by atoms with Crippen LogP contribution in [0.2, 0.25) is 0 Å². The summed E-state index contributed by atoms with van der Waals surface area (Å²) in [5, 5.41) is 3.29. The van der Waals surface area contributed by atoms with Crippen LogP contribution in [0.1, 0.15) is 25.8 Å². The zero-order valence-electron chi connectivity index (χ0n) is 8.83. The lowest BCUT2D eigenvalue weighted by atomic mass is 10.2. The monoisotopic (exact) mass is 195 g/mol. The Kier molecular flexibility index (Phi) is 3.64. The third-order valence-corrected chi connectivity index (χ3v) is 2.10. The first-order valence-corrected chi connectivity index (χ1v) is 4.74. The lowest BCUT2D eigenvalue weighted by molar-refractivity contribution is 0.757. The van der Waals surface area contributed by atoms with E-state index >= 15 is 0 Å². The highest BCUT2D eigenvalue weighted by Crippen LogP contribution is 2.13. The van der Waals surface area contributed by atoms with Crippen molar-refractivity contribution in [2.24, 2.45) is 5.84 Å². The Bertz CT molecular complexity index is 299. The first kappa shape index (κ1) is 10.7. The molecule has 0 spiro atoms. The topological polar surface area (TPSA) is 75.9 Å². The zero-order valence-corrected chi connectivity index (χ0v) is 8.83. The molecule has 0 radical (unpaired) electrons. The van der Waals surface area contributed by atoms with Crippen molar-refractivity contribution in [1.29, 1.82) is 0 Å². The highest BCUT2D eigenvalue weighted by Gasteiger charge is 2.05. The molecule has 78 valence electrons. The molecule has 4 N–H and O–H groups in total. The molecular formula is C9H17N5. The number of anilines is 2. The van der Waals surface area contributed by atoms with E-state index < -0.39 is 0 Å². The molecule has 1 rings (SSSR count). The quantitative estimate of drug-likeness (QED) is 0.498. The molecule has 0 aliphatic heterocycles. The molecule has 1 atom stereocenters. The van der Waals surface area contributed by atoms with Crippen LogP contribution >= 0.6 is 0 Å². The van der Waals surface area contributed by atoms with Gasteiger partial charge in [0.15, 0.2) is 0 Å². The normalized spacial score (nSPS) is 12.3. The molecule has 0 amide bonds. The molecule has 5 heteroatoms. The minimum atomic E-state index is 0.397. The highest BCUT2D eigenvalue weighted by atomic mass is 15.3. The third-order valence-electron chi connectivity index (χ3n) is 2.10. The van der Waals surface area contributed by atoms with Gasteiger partial charge in [-0.3, -0.25) is 5.43 Å². The second kappa shape index (κ2) is 4.76. The van der Waals surface area contributed by atoms with Crippen molar-refractivity contribution < 1.29 is 0 Å². The van der Waals surface area contributed by atoms with Crippen molar-refractivity contribution in [3.8, 4) is 0 Å². The van der Waals surface area contributed by atoms with Crippen LogP contribution in [0.15, 0.2) is 6.20 Å². The lowest BCUT2D eigenvalue weighted by Crippen LogP contribution is -2.17. The van der Waals surface area contributed by atoms with Crippen LogP contribution < -0.4 is 16.6 Å². The van der Waals surface area contributed by atoms with Crippen molar-refractivity contribution in [3.63, 3.8) is 0 Å². The highest BCUT2D eigenvalue weighted by molar-refractivity contribution is 5.46. The second-order valence-corrected chi connectivity index (χ2v) is 3.32. The van der Waals surface area contributed by atoms with E-state index in [1.807, 2.05) is 6.92 Å². The molecule has 1 unspecified atom stereocenters. The first-order chi connectivity index (χ1) is 6.67. The van der Waals surface area contributed by atoms with Crippen LogP contribution in [0.3, 0.4) is 0 Å². The van der Waals surface area contributed by atoms with E-state index in [-0.39, 0.29) is 0 Å². The molecule has 0 saturated heterocycles. The molecule has 5 nitrogen and oxygen atoms in total. The van der Waals surface area contributed by atoms with Crippen LogP contribution in [0.4, 0.5) is 11.8 Å². The van der Waals surface area contributed by atoms with Gasteiger partial charge >= 0.3 is 0 Å². The van der Waals surface area contributed by atoms with Gasteiger partial charge in [0, 0.05) is 17.8 Å². The van der Waals surface area contributed by atoms with Crippen molar-refractivity contribution >= 4 is 11.8 Å². The van der Waals surface area contributed by atoms with Crippen LogP contribution in [0, 0.1) is 6.92 Å². The van der Waals surface area contributed by atoms with Gasteiger partial charge in [-0.2, -0.15) is 4.98 Å². The maximum absolute atomic E-state index is 5.23. The Morgan fingerprint density at radius 3 is 2.86 bits per heavy atom. The number of nitrogens with one attached hydrogen (secondary N) is 2. The smallest absolute Gasteiger partial charge is 0.239 e. The third kappa shape index (κ3) is 2.56. The summed E-state index contributed by atoms with van der Waals surface area (Å²) in [5.41, 5.74) is 3.44. The summed E-state index contributed by atoms with van der Waals surface area (Å²) >= 11 is 0. The summed E-state index contributed by atoms with van der Waals surface area (Å²) in [5.74, 6) is 6.50. The number of nitrogen functional groups attached to an aromatic ring is 1. The molecular weight excluding hydrogens is 178 g/mol. The van der Waals surface area contributed by atoms with Crippen LogP contribution in [-0.4, -0.2) is 16.0 Å². The average molecular weight is 195 g/mol. The standard InChI is InChI=1S/C9H17N5/c1-4-7(3)12-8-6(2)5-11-9(13-8)14-10/h5,7H,4,10H2,1-3H3,(H2,11,12,13,14). The Hall–Kier alpha value is -1.36. The Labute approximate surface area is 84.1 Å². The summed E-state index contributed by atoms with van der Waals surface area (Å²) < 4.78 is 0. The van der Waals surface area contributed by atoms with Crippen molar-refractivity contribution in [2.75, 3.05) is 10.7 Å². The van der Waals surface area contributed by atoms with Gasteiger partial charge in [-0.15, -0.1) is 0 Å². The zero-order chi connectivity index (χ0) is 10.6. The van der Waals surface area contributed by atoms with E-state index in [4.69, 9.17) is 5.84 Å². The minimum absolute atomic E-state index is 0.397. The summed E-state index contributed by atoms with van der Waals surface area (Å²) in [6.45, 7) is 6.19. The van der Waals surface area contributed by atoms with Crippen molar-refractivity contribution in [2.45, 2.75) is 33.2 Å². The maximum atomic E-state index is 5.23. The number of nitrogens with two attached hydrogens (primary N) is 1. The molecule has 0 fully saturated rings. The fraction of sp³-hybridized carbons (Fsp3) is 0.556. The van der Waals surface area contributed by atoms with Gasteiger partial charge in [-0.05, 0) is 20.3 Å². The molecule has 0 saturated carbocycles. The number of aryl methyl sites for hydroxylation is 1. The fourth-order valence-corrected chi connectivity index (χ4v) is 0.993. The van der Waals surface area contributed by atoms with Gasteiger partial charge in [0.2, 0.25) is 5.95 Å². The van der Waals surface area contributed by atoms with Gasteiger partial charge in [0.05, 0.1) is 0 Å². The molecule has 1 heterocycles. The molecule has 0 bridgehead atoms. The van der Waals surface area contributed by atoms with Crippen LogP contribution in [0.25, 0.3) is 0 Å². The van der Waals surface area contributed by atoms with Gasteiger partial charge in [0.25, 0.3) is 0 Å². The molecule has 1 aromatic heterocycles.